The van der Waals surface area contributed by atoms with Gasteiger partial charge < -0.3 is 5.73 Å². The van der Waals surface area contributed by atoms with Crippen LogP contribution in [0.25, 0.3) is 0 Å². The van der Waals surface area contributed by atoms with Crippen molar-refractivity contribution in [2.45, 2.75) is 13.0 Å². The molecule has 14 heavy (non-hydrogen) atoms. The number of benzene rings is 1. The van der Waals surface area contributed by atoms with Crippen molar-refractivity contribution in [1.29, 1.82) is 0 Å². The molecule has 0 saturated heterocycles. The highest BCUT2D eigenvalue weighted by Crippen LogP contribution is 2.14. The molecule has 0 aliphatic rings. The number of rotatable bonds is 3. The quantitative estimate of drug-likeness (QED) is 0.575. The number of nitrogens with zero attached hydrogens (tertiary/aromatic N) is 2. The summed E-state index contributed by atoms with van der Waals surface area (Å²) in [6.45, 7) is 1.50. The highest BCUT2D eigenvalue weighted by molar-refractivity contribution is 5.96. The van der Waals surface area contributed by atoms with Crippen LogP contribution in [0.3, 0.4) is 0 Å². The van der Waals surface area contributed by atoms with Gasteiger partial charge in [-0.1, -0.05) is 18.2 Å². The van der Waals surface area contributed by atoms with Crippen LogP contribution in [0.1, 0.15) is 6.92 Å². The molecule has 0 bridgehead atoms. The van der Waals surface area contributed by atoms with Gasteiger partial charge in [0.1, 0.15) is 0 Å². The van der Waals surface area contributed by atoms with Gasteiger partial charge >= 0.3 is 0 Å². The van der Waals surface area contributed by atoms with E-state index in [1.807, 2.05) is 0 Å². The number of amides is 1. The minimum atomic E-state index is -0.743. The molecule has 1 rings (SSSR count). The maximum atomic E-state index is 11.4. The number of nitrogens with two attached hydrogens (primary N) is 1. The maximum absolute atomic E-state index is 11.4. The van der Waals surface area contributed by atoms with E-state index in [1.54, 1.807) is 30.3 Å². The Bertz CT molecular complexity index is 324. The predicted molar refractivity (Wildman–Crippen MR) is 53.4 cm³/mol. The molecule has 1 aromatic rings. The molecule has 0 fully saturated rings. The summed E-state index contributed by atoms with van der Waals surface area (Å²) >= 11 is 0. The molecule has 0 aliphatic carbocycles. The number of anilines is 1. The first-order chi connectivity index (χ1) is 6.66. The first-order valence-corrected chi connectivity index (χ1v) is 4.14. The highest BCUT2D eigenvalue weighted by atomic mass is 16.3. The predicted octanol–water partition coefficient (Wildman–Crippen LogP) is 1.05. The van der Waals surface area contributed by atoms with E-state index in [9.17, 15) is 9.70 Å². The maximum Gasteiger partial charge on any atom is 0.266 e. The van der Waals surface area contributed by atoms with Crippen molar-refractivity contribution < 1.29 is 4.79 Å². The molecule has 0 saturated carbocycles. The summed E-state index contributed by atoms with van der Waals surface area (Å²) in [6, 6.07) is 7.68. The number of nitroso groups, excluding NO2 is 1. The lowest BCUT2D eigenvalue weighted by atomic mass is 10.2. The van der Waals surface area contributed by atoms with E-state index in [-0.39, 0.29) is 0 Å². The Morgan fingerprint density at radius 3 is 2.43 bits per heavy atom. The highest BCUT2D eigenvalue weighted by Gasteiger charge is 2.19. The standard InChI is InChI=1S/C9H11N3O2/c1-7(10)9(13)12(11-14)8-5-3-2-4-6-8/h2-7H,10H2,1H3/t7-/m0/s1. The second-order valence-electron chi connectivity index (χ2n) is 2.86. The lowest BCUT2D eigenvalue weighted by Crippen LogP contribution is -2.38. The average molecular weight is 193 g/mol. The second kappa shape index (κ2) is 4.48. The summed E-state index contributed by atoms with van der Waals surface area (Å²) < 4.78 is 0. The van der Waals surface area contributed by atoms with Crippen molar-refractivity contribution in [1.82, 2.24) is 0 Å². The Labute approximate surface area is 81.5 Å². The van der Waals surface area contributed by atoms with Crippen LogP contribution in [0.15, 0.2) is 35.6 Å². The largest absolute Gasteiger partial charge is 0.320 e. The molecule has 0 unspecified atom stereocenters. The van der Waals surface area contributed by atoms with Crippen LogP contribution in [0.4, 0.5) is 5.69 Å². The van der Waals surface area contributed by atoms with E-state index < -0.39 is 11.9 Å². The van der Waals surface area contributed by atoms with Crippen LogP contribution in [0, 0.1) is 4.91 Å². The van der Waals surface area contributed by atoms with Crippen LogP contribution < -0.4 is 10.7 Å². The summed E-state index contributed by atoms with van der Waals surface area (Å²) in [7, 11) is 0. The van der Waals surface area contributed by atoms with E-state index in [4.69, 9.17) is 5.73 Å². The SMILES string of the molecule is C[C@H](N)C(=O)N(N=O)c1ccccc1. The normalized spacial score (nSPS) is 11.9. The molecule has 5 nitrogen and oxygen atoms in total. The van der Waals surface area contributed by atoms with Crippen molar-refractivity contribution in [3.8, 4) is 0 Å². The topological polar surface area (TPSA) is 75.8 Å². The van der Waals surface area contributed by atoms with E-state index in [0.29, 0.717) is 5.69 Å². The van der Waals surface area contributed by atoms with Crippen LogP contribution in [0.5, 0.6) is 0 Å². The van der Waals surface area contributed by atoms with Crippen molar-refractivity contribution in [3.05, 3.63) is 35.2 Å². The Hall–Kier alpha value is -1.75. The van der Waals surface area contributed by atoms with Gasteiger partial charge in [-0.3, -0.25) is 4.79 Å². The summed E-state index contributed by atoms with van der Waals surface area (Å²) in [6.07, 6.45) is 0. The molecule has 1 amide bonds. The smallest absolute Gasteiger partial charge is 0.266 e. The van der Waals surface area contributed by atoms with E-state index in [1.165, 1.54) is 6.92 Å². The minimum absolute atomic E-state index is 0.421. The van der Waals surface area contributed by atoms with Gasteiger partial charge in [-0.2, -0.15) is 5.01 Å². The third-order valence-electron chi connectivity index (χ3n) is 1.68. The van der Waals surface area contributed by atoms with E-state index in [0.717, 1.165) is 5.01 Å². The molecule has 0 radical (unpaired) electrons. The minimum Gasteiger partial charge on any atom is -0.320 e. The van der Waals surface area contributed by atoms with Crippen molar-refractivity contribution in [2.75, 3.05) is 5.01 Å². The molecule has 0 aromatic heterocycles. The molecule has 2 N–H and O–H groups in total. The van der Waals surface area contributed by atoms with Gasteiger partial charge in [0, 0.05) is 0 Å². The molecule has 1 atom stereocenters. The third kappa shape index (κ3) is 2.14. The molecule has 0 aliphatic heterocycles. The number of hydrogen-bond acceptors (Lipinski definition) is 4. The van der Waals surface area contributed by atoms with Crippen molar-refractivity contribution in [2.24, 2.45) is 11.0 Å². The van der Waals surface area contributed by atoms with Crippen LogP contribution >= 0.6 is 0 Å². The van der Waals surface area contributed by atoms with Crippen molar-refractivity contribution >= 4 is 11.6 Å². The second-order valence-corrected chi connectivity index (χ2v) is 2.86. The Kier molecular flexibility index (Phi) is 3.30. The van der Waals surface area contributed by atoms with Crippen LogP contribution in [0.2, 0.25) is 0 Å². The van der Waals surface area contributed by atoms with Gasteiger partial charge in [0.15, 0.2) is 0 Å². The van der Waals surface area contributed by atoms with Gasteiger partial charge in [0.05, 0.1) is 17.0 Å². The number of carbonyl (C=O) groups is 1. The van der Waals surface area contributed by atoms with Gasteiger partial charge in [-0.25, -0.2) is 0 Å². The third-order valence-corrected chi connectivity index (χ3v) is 1.68. The lowest BCUT2D eigenvalue weighted by molar-refractivity contribution is -0.119. The van der Waals surface area contributed by atoms with Gasteiger partial charge in [0.25, 0.3) is 5.91 Å². The van der Waals surface area contributed by atoms with Gasteiger partial charge in [0.2, 0.25) is 0 Å². The zero-order chi connectivity index (χ0) is 10.6. The van der Waals surface area contributed by atoms with E-state index >= 15 is 0 Å². The number of hydrogen-bond donors (Lipinski definition) is 1. The molecule has 0 spiro atoms. The van der Waals surface area contributed by atoms with Gasteiger partial charge in [-0.05, 0) is 19.1 Å². The van der Waals surface area contributed by atoms with E-state index in [2.05, 4.69) is 5.29 Å². The fourth-order valence-corrected chi connectivity index (χ4v) is 0.977. The number of carbonyl (C=O) groups excluding carboxylic acids is 1. The molecule has 0 heterocycles. The molecule has 74 valence electrons. The van der Waals surface area contributed by atoms with Crippen molar-refractivity contribution in [3.63, 3.8) is 0 Å². The monoisotopic (exact) mass is 193 g/mol. The molecular formula is C9H11N3O2. The zero-order valence-electron chi connectivity index (χ0n) is 7.75. The van der Waals surface area contributed by atoms with Crippen LogP contribution in [-0.4, -0.2) is 11.9 Å². The van der Waals surface area contributed by atoms with Crippen LogP contribution in [-0.2, 0) is 4.79 Å². The Morgan fingerprint density at radius 2 is 2.00 bits per heavy atom. The first-order valence-electron chi connectivity index (χ1n) is 4.14. The Morgan fingerprint density at radius 1 is 1.43 bits per heavy atom. The number of para-hydroxylation sites is 1. The zero-order valence-corrected chi connectivity index (χ0v) is 7.75. The summed E-state index contributed by atoms with van der Waals surface area (Å²) in [5.41, 5.74) is 5.78. The van der Waals surface area contributed by atoms with Gasteiger partial charge in [-0.15, -0.1) is 4.91 Å². The summed E-state index contributed by atoms with van der Waals surface area (Å²) in [5.74, 6) is -0.522. The molecule has 5 heteroatoms. The fraction of sp³-hybridized carbons (Fsp3) is 0.222. The Balaban J connectivity index is 2.94. The molecule has 1 aromatic carbocycles. The summed E-state index contributed by atoms with van der Waals surface area (Å²) in [5, 5.41) is 3.39. The fourth-order valence-electron chi connectivity index (χ4n) is 0.977. The lowest BCUT2D eigenvalue weighted by Gasteiger charge is -2.14. The summed E-state index contributed by atoms with van der Waals surface area (Å²) in [4.78, 5) is 21.8. The molecular weight excluding hydrogens is 182 g/mol. The first kappa shape index (κ1) is 10.3. The average Bonchev–Trinajstić information content (AvgIpc) is 2.20.